The highest BCUT2D eigenvalue weighted by Gasteiger charge is 2.30. The first kappa shape index (κ1) is 14.8. The van der Waals surface area contributed by atoms with Gasteiger partial charge in [0.2, 0.25) is 0 Å². The molecule has 3 unspecified atom stereocenters. The summed E-state index contributed by atoms with van der Waals surface area (Å²) in [7, 11) is 0. The molecule has 1 aromatic rings. The van der Waals surface area contributed by atoms with Crippen LogP contribution < -0.4 is 5.73 Å². The summed E-state index contributed by atoms with van der Waals surface area (Å²) in [5, 5.41) is 0. The van der Waals surface area contributed by atoms with Crippen molar-refractivity contribution in [1.29, 1.82) is 0 Å². The molecule has 0 spiro atoms. The molecule has 1 saturated heterocycles. The Balaban J connectivity index is 2.18. The van der Waals surface area contributed by atoms with Gasteiger partial charge in [-0.05, 0) is 54.2 Å². The fourth-order valence-corrected chi connectivity index (χ4v) is 4.70. The van der Waals surface area contributed by atoms with Gasteiger partial charge in [-0.3, -0.25) is 4.90 Å². The van der Waals surface area contributed by atoms with E-state index < -0.39 is 0 Å². The molecule has 2 N–H and O–H groups in total. The summed E-state index contributed by atoms with van der Waals surface area (Å²) in [6.07, 6.45) is 2.53. The van der Waals surface area contributed by atoms with Crippen molar-refractivity contribution in [3.63, 3.8) is 0 Å². The van der Waals surface area contributed by atoms with Crippen LogP contribution in [0.1, 0.15) is 37.6 Å². The van der Waals surface area contributed by atoms with Gasteiger partial charge in [-0.15, -0.1) is 11.3 Å². The average Bonchev–Trinajstić information content (AvgIpc) is 2.63. The van der Waals surface area contributed by atoms with Gasteiger partial charge in [-0.1, -0.05) is 18.5 Å². The summed E-state index contributed by atoms with van der Waals surface area (Å²) < 4.78 is 1.81. The van der Waals surface area contributed by atoms with E-state index in [0.717, 1.165) is 21.3 Å². The molecule has 1 aromatic heterocycles. The summed E-state index contributed by atoms with van der Waals surface area (Å²) >= 11 is 11.3. The van der Waals surface area contributed by atoms with Crippen molar-refractivity contribution in [1.82, 2.24) is 4.90 Å². The first-order valence-electron chi connectivity index (χ1n) is 6.43. The zero-order valence-electron chi connectivity index (χ0n) is 10.8. The molecule has 2 heterocycles. The second-order valence-corrected chi connectivity index (χ2v) is 7.78. The molecule has 102 valence electrons. The molecule has 0 amide bonds. The standard InChI is InChI=1S/C13H20BrClN2S/c1-8-3-4-17(9(2)5-8)11(7-16)12-6-10(14)13(15)18-12/h6,8-9,11H,3-5,7,16H2,1-2H3. The van der Waals surface area contributed by atoms with E-state index in [9.17, 15) is 0 Å². The summed E-state index contributed by atoms with van der Waals surface area (Å²) in [5.74, 6) is 0.827. The molecule has 3 atom stereocenters. The van der Waals surface area contributed by atoms with E-state index in [1.807, 2.05) is 0 Å². The van der Waals surface area contributed by atoms with E-state index >= 15 is 0 Å². The number of nitrogens with zero attached hydrogens (tertiary/aromatic N) is 1. The molecule has 0 radical (unpaired) electrons. The molecule has 2 nitrogen and oxygen atoms in total. The lowest BCUT2D eigenvalue weighted by Crippen LogP contribution is -2.44. The van der Waals surface area contributed by atoms with Gasteiger partial charge in [0.1, 0.15) is 4.34 Å². The number of likely N-dealkylation sites (tertiary alicyclic amines) is 1. The maximum absolute atomic E-state index is 6.14. The van der Waals surface area contributed by atoms with Crippen LogP contribution in [0.5, 0.6) is 0 Å². The van der Waals surface area contributed by atoms with Crippen LogP contribution in [0.25, 0.3) is 0 Å². The van der Waals surface area contributed by atoms with Gasteiger partial charge in [0.05, 0.1) is 6.04 Å². The first-order valence-corrected chi connectivity index (χ1v) is 8.42. The van der Waals surface area contributed by atoms with E-state index in [1.165, 1.54) is 17.7 Å². The fraction of sp³-hybridized carbons (Fsp3) is 0.692. The van der Waals surface area contributed by atoms with Gasteiger partial charge in [-0.25, -0.2) is 0 Å². The number of hydrogen-bond donors (Lipinski definition) is 1. The van der Waals surface area contributed by atoms with Gasteiger partial charge in [0.15, 0.2) is 0 Å². The Morgan fingerprint density at radius 1 is 1.61 bits per heavy atom. The summed E-state index contributed by atoms with van der Waals surface area (Å²) in [4.78, 5) is 3.81. The SMILES string of the molecule is CC1CCN(C(CN)c2cc(Br)c(Cl)s2)C(C)C1. The summed E-state index contributed by atoms with van der Waals surface area (Å²) in [6.45, 7) is 6.44. The quantitative estimate of drug-likeness (QED) is 0.880. The predicted molar refractivity (Wildman–Crippen MR) is 83.4 cm³/mol. The van der Waals surface area contributed by atoms with Gasteiger partial charge in [0, 0.05) is 21.9 Å². The van der Waals surface area contributed by atoms with Gasteiger partial charge in [-0.2, -0.15) is 0 Å². The molecule has 0 saturated carbocycles. The topological polar surface area (TPSA) is 29.3 Å². The number of piperidine rings is 1. The number of rotatable bonds is 3. The second kappa shape index (κ2) is 6.23. The molecule has 1 fully saturated rings. The minimum Gasteiger partial charge on any atom is -0.329 e. The van der Waals surface area contributed by atoms with Crippen molar-refractivity contribution in [2.24, 2.45) is 11.7 Å². The Bertz CT molecular complexity index is 390. The van der Waals surface area contributed by atoms with Crippen molar-refractivity contribution in [2.45, 2.75) is 38.8 Å². The maximum Gasteiger partial charge on any atom is 0.107 e. The Hall–Kier alpha value is 0.390. The molecular weight excluding hydrogens is 332 g/mol. The van der Waals surface area contributed by atoms with Crippen LogP contribution in [-0.2, 0) is 0 Å². The molecule has 1 aliphatic heterocycles. The molecule has 18 heavy (non-hydrogen) atoms. The molecule has 0 bridgehead atoms. The van der Waals surface area contributed by atoms with Crippen molar-refractivity contribution >= 4 is 38.9 Å². The van der Waals surface area contributed by atoms with Crippen LogP contribution in [0.4, 0.5) is 0 Å². The number of hydrogen-bond acceptors (Lipinski definition) is 3. The normalized spacial score (nSPS) is 27.4. The van der Waals surface area contributed by atoms with E-state index in [-0.39, 0.29) is 0 Å². The molecule has 0 aliphatic carbocycles. The van der Waals surface area contributed by atoms with Crippen LogP contribution in [0.15, 0.2) is 10.5 Å². The predicted octanol–water partition coefficient (Wildman–Crippen LogP) is 4.28. The lowest BCUT2D eigenvalue weighted by molar-refractivity contribution is 0.0863. The Kier molecular flexibility index (Phi) is 5.12. The van der Waals surface area contributed by atoms with Crippen molar-refractivity contribution in [3.05, 3.63) is 19.8 Å². The van der Waals surface area contributed by atoms with Crippen LogP contribution in [0.2, 0.25) is 4.34 Å². The summed E-state index contributed by atoms with van der Waals surface area (Å²) in [6, 6.07) is 3.03. The van der Waals surface area contributed by atoms with Crippen molar-refractivity contribution < 1.29 is 0 Å². The van der Waals surface area contributed by atoms with E-state index in [0.29, 0.717) is 18.6 Å². The third kappa shape index (κ3) is 3.10. The van der Waals surface area contributed by atoms with Crippen LogP contribution in [0, 0.1) is 5.92 Å². The van der Waals surface area contributed by atoms with Gasteiger partial charge < -0.3 is 5.73 Å². The Morgan fingerprint density at radius 2 is 2.33 bits per heavy atom. The smallest absolute Gasteiger partial charge is 0.107 e. The van der Waals surface area contributed by atoms with Gasteiger partial charge in [0.25, 0.3) is 0 Å². The average molecular weight is 352 g/mol. The van der Waals surface area contributed by atoms with Crippen LogP contribution in [0.3, 0.4) is 0 Å². The molecular formula is C13H20BrClN2S. The van der Waals surface area contributed by atoms with Crippen LogP contribution in [-0.4, -0.2) is 24.0 Å². The number of halogens is 2. The van der Waals surface area contributed by atoms with Crippen LogP contribution >= 0.6 is 38.9 Å². The largest absolute Gasteiger partial charge is 0.329 e. The minimum absolute atomic E-state index is 0.307. The molecule has 1 aliphatic rings. The fourth-order valence-electron chi connectivity index (χ4n) is 2.83. The van der Waals surface area contributed by atoms with Gasteiger partial charge >= 0.3 is 0 Å². The minimum atomic E-state index is 0.307. The van der Waals surface area contributed by atoms with E-state index in [4.69, 9.17) is 17.3 Å². The molecule has 2 rings (SSSR count). The van der Waals surface area contributed by atoms with Crippen molar-refractivity contribution in [2.75, 3.05) is 13.1 Å². The zero-order chi connectivity index (χ0) is 13.3. The lowest BCUT2D eigenvalue weighted by Gasteiger charge is -2.41. The monoisotopic (exact) mass is 350 g/mol. The maximum atomic E-state index is 6.14. The van der Waals surface area contributed by atoms with Crippen molar-refractivity contribution in [3.8, 4) is 0 Å². The summed E-state index contributed by atoms with van der Waals surface area (Å²) in [5.41, 5.74) is 6.00. The Morgan fingerprint density at radius 3 is 2.83 bits per heavy atom. The highest BCUT2D eigenvalue weighted by atomic mass is 79.9. The highest BCUT2D eigenvalue weighted by Crippen LogP contribution is 2.39. The molecule has 0 aromatic carbocycles. The zero-order valence-corrected chi connectivity index (χ0v) is 14.0. The second-order valence-electron chi connectivity index (χ2n) is 5.24. The third-order valence-corrected chi connectivity index (χ3v) is 6.38. The Labute approximate surface area is 127 Å². The number of thiophene rings is 1. The van der Waals surface area contributed by atoms with E-state index in [1.54, 1.807) is 11.3 Å². The van der Waals surface area contributed by atoms with E-state index in [2.05, 4.69) is 40.7 Å². The third-order valence-electron chi connectivity index (χ3n) is 3.81. The molecule has 5 heteroatoms. The first-order chi connectivity index (χ1) is 8.52. The number of nitrogens with two attached hydrogens (primary N) is 1. The lowest BCUT2D eigenvalue weighted by atomic mass is 9.92. The highest BCUT2D eigenvalue weighted by molar-refractivity contribution is 9.10.